The van der Waals surface area contributed by atoms with Gasteiger partial charge in [0.25, 0.3) is 0 Å². The molecule has 0 saturated carbocycles. The largest absolute Gasteiger partial charge is 0.300 e. The second-order valence-electron chi connectivity index (χ2n) is 2.86. The normalized spacial score (nSPS) is 11.5. The van der Waals surface area contributed by atoms with Gasteiger partial charge in [-0.2, -0.15) is 0 Å². The van der Waals surface area contributed by atoms with Crippen LogP contribution in [0.1, 0.15) is 39.5 Å². The van der Waals surface area contributed by atoms with Gasteiger partial charge in [-0.15, -0.1) is 0 Å². The van der Waals surface area contributed by atoms with Crippen LogP contribution < -0.4 is 0 Å². The summed E-state index contributed by atoms with van der Waals surface area (Å²) in [5.41, 5.74) is 0. The zero-order valence-electron chi connectivity index (χ0n) is 8.05. The molecule has 0 unspecified atom stereocenters. The van der Waals surface area contributed by atoms with Crippen LogP contribution in [0.2, 0.25) is 0 Å². The first-order chi connectivity index (χ1) is 5.77. The van der Waals surface area contributed by atoms with Gasteiger partial charge in [0.15, 0.2) is 0 Å². The zero-order valence-corrected chi connectivity index (χ0v) is 8.05. The highest BCUT2D eigenvalue weighted by Gasteiger charge is 1.87. The first-order valence-corrected chi connectivity index (χ1v) is 4.53. The Labute approximate surface area is 75.2 Å². The Morgan fingerprint density at radius 3 is 2.25 bits per heavy atom. The van der Waals surface area contributed by atoms with Crippen molar-refractivity contribution >= 4 is 5.78 Å². The molecule has 0 aliphatic rings. The number of Topliss-reactive ketones (excluding diaryl/α,β-unsaturated/α-hetero) is 1. The average molecular weight is 166 g/mol. The van der Waals surface area contributed by atoms with Crippen LogP contribution in [0, 0.1) is 0 Å². The minimum atomic E-state index is 0.271. The van der Waals surface area contributed by atoms with Crippen molar-refractivity contribution in [1.29, 1.82) is 0 Å². The summed E-state index contributed by atoms with van der Waals surface area (Å²) in [6.07, 6.45) is 12.2. The third kappa shape index (κ3) is 9.15. The number of hydrogen-bond acceptors (Lipinski definition) is 1. The maximum atomic E-state index is 10.5. The number of unbranched alkanes of at least 4 members (excludes halogenated alkanes) is 1. The van der Waals surface area contributed by atoms with Gasteiger partial charge in [-0.25, -0.2) is 0 Å². The predicted octanol–water partition coefficient (Wildman–Crippen LogP) is 3.27. The number of hydrogen-bond donors (Lipinski definition) is 0. The monoisotopic (exact) mass is 166 g/mol. The quantitative estimate of drug-likeness (QED) is 0.437. The molecule has 0 rings (SSSR count). The van der Waals surface area contributed by atoms with Crippen molar-refractivity contribution in [2.45, 2.75) is 39.5 Å². The number of ketones is 1. The van der Waals surface area contributed by atoms with Gasteiger partial charge in [0.2, 0.25) is 0 Å². The van der Waals surface area contributed by atoms with Crippen LogP contribution in [0.25, 0.3) is 0 Å². The number of allylic oxidation sites excluding steroid dienone is 4. The average Bonchev–Trinajstić information content (AvgIpc) is 2.02. The highest BCUT2D eigenvalue weighted by Crippen LogP contribution is 1.96. The number of carbonyl (C=O) groups is 1. The Morgan fingerprint density at radius 2 is 1.67 bits per heavy atom. The Bertz CT molecular complexity index is 166. The highest BCUT2D eigenvalue weighted by molar-refractivity contribution is 5.75. The van der Waals surface area contributed by atoms with Crippen LogP contribution in [0.4, 0.5) is 0 Å². The van der Waals surface area contributed by atoms with Crippen molar-refractivity contribution < 1.29 is 4.79 Å². The van der Waals surface area contributed by atoms with Gasteiger partial charge in [0.05, 0.1) is 0 Å². The summed E-state index contributed by atoms with van der Waals surface area (Å²) in [6.45, 7) is 3.66. The fourth-order valence-electron chi connectivity index (χ4n) is 0.881. The molecule has 0 saturated heterocycles. The van der Waals surface area contributed by atoms with E-state index in [1.165, 1.54) is 0 Å². The van der Waals surface area contributed by atoms with E-state index in [0.29, 0.717) is 6.42 Å². The molecule has 1 heteroatoms. The molecule has 0 aromatic heterocycles. The molecule has 12 heavy (non-hydrogen) atoms. The van der Waals surface area contributed by atoms with Gasteiger partial charge in [-0.05, 0) is 33.1 Å². The summed E-state index contributed by atoms with van der Waals surface area (Å²) >= 11 is 0. The molecule has 0 aromatic carbocycles. The van der Waals surface area contributed by atoms with E-state index in [4.69, 9.17) is 0 Å². The van der Waals surface area contributed by atoms with Crippen LogP contribution in [0.5, 0.6) is 0 Å². The lowest BCUT2D eigenvalue weighted by Crippen LogP contribution is -1.86. The maximum Gasteiger partial charge on any atom is 0.130 e. The lowest BCUT2D eigenvalue weighted by molar-refractivity contribution is -0.116. The molecule has 0 aliphatic heterocycles. The number of carbonyl (C=O) groups excluding carboxylic acids is 1. The predicted molar refractivity (Wildman–Crippen MR) is 53.1 cm³/mol. The van der Waals surface area contributed by atoms with Crippen LogP contribution in [-0.4, -0.2) is 5.78 Å². The molecule has 0 aromatic rings. The van der Waals surface area contributed by atoms with Gasteiger partial charge in [-0.3, -0.25) is 0 Å². The molecule has 0 atom stereocenters. The molecule has 0 amide bonds. The van der Waals surface area contributed by atoms with E-state index in [1.807, 2.05) is 6.92 Å². The first-order valence-electron chi connectivity index (χ1n) is 4.53. The van der Waals surface area contributed by atoms with E-state index in [9.17, 15) is 4.79 Å². The first kappa shape index (κ1) is 11.2. The van der Waals surface area contributed by atoms with E-state index in [2.05, 4.69) is 24.3 Å². The fraction of sp³-hybridized carbons (Fsp3) is 0.545. The third-order valence-corrected chi connectivity index (χ3v) is 1.57. The van der Waals surface area contributed by atoms with E-state index < -0.39 is 0 Å². The van der Waals surface area contributed by atoms with Gasteiger partial charge >= 0.3 is 0 Å². The van der Waals surface area contributed by atoms with E-state index >= 15 is 0 Å². The summed E-state index contributed by atoms with van der Waals surface area (Å²) < 4.78 is 0. The second kappa shape index (κ2) is 8.25. The van der Waals surface area contributed by atoms with E-state index in [0.717, 1.165) is 19.3 Å². The van der Waals surface area contributed by atoms with Crippen LogP contribution >= 0.6 is 0 Å². The SMILES string of the molecule is CC=CCC/C=C/CCC(C)=O. The molecule has 0 N–H and O–H groups in total. The van der Waals surface area contributed by atoms with Crippen LogP contribution in [0.3, 0.4) is 0 Å². The summed E-state index contributed by atoms with van der Waals surface area (Å²) in [5.74, 6) is 0.271. The molecule has 0 spiro atoms. The Kier molecular flexibility index (Phi) is 7.66. The molecule has 0 bridgehead atoms. The Hall–Kier alpha value is -0.850. The minimum absolute atomic E-state index is 0.271. The topological polar surface area (TPSA) is 17.1 Å². The summed E-state index contributed by atoms with van der Waals surface area (Å²) in [5, 5.41) is 0. The number of rotatable bonds is 6. The molecule has 0 aliphatic carbocycles. The van der Waals surface area contributed by atoms with E-state index in [-0.39, 0.29) is 5.78 Å². The lowest BCUT2D eigenvalue weighted by atomic mass is 10.2. The summed E-state index contributed by atoms with van der Waals surface area (Å²) in [7, 11) is 0. The zero-order chi connectivity index (χ0) is 9.23. The molecule has 0 fully saturated rings. The van der Waals surface area contributed by atoms with Crippen molar-refractivity contribution in [3.63, 3.8) is 0 Å². The van der Waals surface area contributed by atoms with E-state index in [1.54, 1.807) is 6.92 Å². The molecular formula is C11H18O. The van der Waals surface area contributed by atoms with Gasteiger partial charge in [0.1, 0.15) is 5.78 Å². The third-order valence-electron chi connectivity index (χ3n) is 1.57. The van der Waals surface area contributed by atoms with Crippen molar-refractivity contribution in [3.8, 4) is 0 Å². The van der Waals surface area contributed by atoms with Gasteiger partial charge < -0.3 is 4.79 Å². The second-order valence-corrected chi connectivity index (χ2v) is 2.86. The summed E-state index contributed by atoms with van der Waals surface area (Å²) in [6, 6.07) is 0. The Morgan fingerprint density at radius 1 is 1.08 bits per heavy atom. The molecule has 0 radical (unpaired) electrons. The van der Waals surface area contributed by atoms with Crippen molar-refractivity contribution in [2.75, 3.05) is 0 Å². The smallest absolute Gasteiger partial charge is 0.130 e. The molecular weight excluding hydrogens is 148 g/mol. The van der Waals surface area contributed by atoms with Gasteiger partial charge in [-0.1, -0.05) is 24.3 Å². The molecule has 1 nitrogen and oxygen atoms in total. The minimum Gasteiger partial charge on any atom is -0.300 e. The highest BCUT2D eigenvalue weighted by atomic mass is 16.1. The Balaban J connectivity index is 3.20. The van der Waals surface area contributed by atoms with Gasteiger partial charge in [0, 0.05) is 6.42 Å². The van der Waals surface area contributed by atoms with Crippen LogP contribution in [0.15, 0.2) is 24.3 Å². The standard InChI is InChI=1S/C11H18O/c1-3-4-5-6-7-8-9-10-11(2)12/h3-4,7-8H,5-6,9-10H2,1-2H3/b4-3?,8-7+. The summed E-state index contributed by atoms with van der Waals surface area (Å²) in [4.78, 5) is 10.5. The molecule has 0 heterocycles. The van der Waals surface area contributed by atoms with Crippen molar-refractivity contribution in [3.05, 3.63) is 24.3 Å². The van der Waals surface area contributed by atoms with Crippen molar-refractivity contribution in [2.24, 2.45) is 0 Å². The lowest BCUT2D eigenvalue weighted by Gasteiger charge is -1.88. The molecule has 68 valence electrons. The fourth-order valence-corrected chi connectivity index (χ4v) is 0.881. The van der Waals surface area contributed by atoms with Crippen LogP contribution in [-0.2, 0) is 4.79 Å². The maximum absolute atomic E-state index is 10.5. The van der Waals surface area contributed by atoms with Crippen molar-refractivity contribution in [1.82, 2.24) is 0 Å².